The van der Waals surface area contributed by atoms with Gasteiger partial charge in [-0.2, -0.15) is 0 Å². The molecule has 0 saturated carbocycles. The van der Waals surface area contributed by atoms with Crippen LogP contribution in [0.5, 0.6) is 0 Å². The monoisotopic (exact) mass is 427 g/mol. The zero-order chi connectivity index (χ0) is 21.3. The van der Waals surface area contributed by atoms with Crippen LogP contribution in [-0.4, -0.2) is 31.2 Å². The number of halogens is 2. The fraction of sp³-hybridized carbons (Fsp3) is 0.100. The minimum absolute atomic E-state index is 0.107. The van der Waals surface area contributed by atoms with Crippen molar-refractivity contribution in [2.75, 3.05) is 11.1 Å². The van der Waals surface area contributed by atoms with E-state index < -0.39 is 23.1 Å². The summed E-state index contributed by atoms with van der Waals surface area (Å²) in [5.41, 5.74) is 1.77. The van der Waals surface area contributed by atoms with Crippen LogP contribution in [-0.2, 0) is 4.79 Å². The number of amides is 1. The average Bonchev–Trinajstić information content (AvgIpc) is 3.09. The van der Waals surface area contributed by atoms with E-state index >= 15 is 0 Å². The Kier molecular flexibility index (Phi) is 5.32. The molecule has 0 aliphatic rings. The summed E-state index contributed by atoms with van der Waals surface area (Å²) in [6, 6.07) is 10.4. The number of carbonyl (C=O) groups excluding carboxylic acids is 1. The number of carbonyl (C=O) groups is 1. The summed E-state index contributed by atoms with van der Waals surface area (Å²) in [7, 11) is 0. The smallest absolute Gasteiger partial charge is 0.278 e. The molecule has 1 amide bonds. The summed E-state index contributed by atoms with van der Waals surface area (Å²) in [6.07, 6.45) is 1.29. The Morgan fingerprint density at radius 1 is 1.20 bits per heavy atom. The maximum atomic E-state index is 13.8. The third-order valence-corrected chi connectivity index (χ3v) is 5.19. The van der Waals surface area contributed by atoms with Crippen molar-refractivity contribution in [1.82, 2.24) is 19.5 Å². The highest BCUT2D eigenvalue weighted by Crippen LogP contribution is 2.26. The van der Waals surface area contributed by atoms with E-state index in [0.29, 0.717) is 16.9 Å². The fourth-order valence-electron chi connectivity index (χ4n) is 2.81. The van der Waals surface area contributed by atoms with E-state index in [-0.39, 0.29) is 17.0 Å². The van der Waals surface area contributed by atoms with E-state index in [4.69, 9.17) is 0 Å². The van der Waals surface area contributed by atoms with Gasteiger partial charge in [-0.15, -0.1) is 0 Å². The molecule has 0 aliphatic carbocycles. The number of imidazole rings is 1. The standard InChI is InChI=1S/C20H15F2N5O2S/c1-11-2-5-13(6-3-11)27-18-17(19(29)24-10-23-18)26-20(27)30-9-16(28)25-15-7-4-12(21)8-14(15)22/h2-8,10H,9H2,1H3,(H,25,28)(H,23,24,29). The number of rotatable bonds is 5. The summed E-state index contributed by atoms with van der Waals surface area (Å²) in [5.74, 6) is -2.21. The second-order valence-corrected chi connectivity index (χ2v) is 7.37. The molecule has 10 heteroatoms. The molecule has 2 aromatic heterocycles. The van der Waals surface area contributed by atoms with Gasteiger partial charge in [-0.1, -0.05) is 29.5 Å². The molecular formula is C20H15F2N5O2S. The van der Waals surface area contributed by atoms with Crippen molar-refractivity contribution in [3.8, 4) is 5.69 Å². The van der Waals surface area contributed by atoms with E-state index in [0.717, 1.165) is 35.1 Å². The number of aryl methyl sites for hydroxylation is 1. The Morgan fingerprint density at radius 3 is 2.70 bits per heavy atom. The van der Waals surface area contributed by atoms with Crippen molar-refractivity contribution in [2.45, 2.75) is 12.1 Å². The van der Waals surface area contributed by atoms with Gasteiger partial charge >= 0.3 is 0 Å². The topological polar surface area (TPSA) is 92.7 Å². The molecule has 0 bridgehead atoms. The first-order valence-corrected chi connectivity index (χ1v) is 9.82. The third-order valence-electron chi connectivity index (χ3n) is 4.25. The average molecular weight is 427 g/mol. The third kappa shape index (κ3) is 3.94. The Morgan fingerprint density at radius 2 is 1.97 bits per heavy atom. The predicted octanol–water partition coefficient (Wildman–Crippen LogP) is 3.43. The van der Waals surface area contributed by atoms with Crippen LogP contribution in [0.1, 0.15) is 5.56 Å². The molecule has 0 saturated heterocycles. The van der Waals surface area contributed by atoms with Crippen LogP contribution in [0.25, 0.3) is 16.9 Å². The minimum atomic E-state index is -0.865. The van der Waals surface area contributed by atoms with Crippen LogP contribution in [0.3, 0.4) is 0 Å². The highest BCUT2D eigenvalue weighted by Gasteiger charge is 2.18. The van der Waals surface area contributed by atoms with Crippen LogP contribution < -0.4 is 10.9 Å². The molecule has 0 radical (unpaired) electrons. The van der Waals surface area contributed by atoms with Crippen molar-refractivity contribution in [3.63, 3.8) is 0 Å². The lowest BCUT2D eigenvalue weighted by atomic mass is 10.2. The van der Waals surface area contributed by atoms with Gasteiger partial charge < -0.3 is 10.3 Å². The Labute approximate surface area is 173 Å². The molecule has 0 atom stereocenters. The number of nitrogens with zero attached hydrogens (tertiary/aromatic N) is 3. The van der Waals surface area contributed by atoms with Crippen molar-refractivity contribution in [3.05, 3.63) is 76.3 Å². The van der Waals surface area contributed by atoms with Crippen LogP contribution in [0.2, 0.25) is 0 Å². The van der Waals surface area contributed by atoms with Gasteiger partial charge in [-0.3, -0.25) is 14.2 Å². The van der Waals surface area contributed by atoms with Gasteiger partial charge in [0.15, 0.2) is 16.3 Å². The molecule has 0 aliphatic heterocycles. The number of benzene rings is 2. The van der Waals surface area contributed by atoms with E-state index in [9.17, 15) is 18.4 Å². The first kappa shape index (κ1) is 19.8. The molecule has 7 nitrogen and oxygen atoms in total. The second-order valence-electron chi connectivity index (χ2n) is 6.43. The lowest BCUT2D eigenvalue weighted by Gasteiger charge is -2.09. The van der Waals surface area contributed by atoms with Gasteiger partial charge in [0, 0.05) is 11.8 Å². The van der Waals surface area contributed by atoms with E-state index in [2.05, 4.69) is 20.3 Å². The minimum Gasteiger partial charge on any atom is -0.323 e. The highest BCUT2D eigenvalue weighted by molar-refractivity contribution is 7.99. The Hall–Kier alpha value is -3.53. The first-order chi connectivity index (χ1) is 14.4. The maximum Gasteiger partial charge on any atom is 0.278 e. The quantitative estimate of drug-likeness (QED) is 0.476. The van der Waals surface area contributed by atoms with Crippen molar-refractivity contribution in [1.29, 1.82) is 0 Å². The number of hydrogen-bond donors (Lipinski definition) is 2. The van der Waals surface area contributed by atoms with Gasteiger partial charge in [-0.05, 0) is 31.2 Å². The summed E-state index contributed by atoms with van der Waals surface area (Å²) < 4.78 is 28.4. The number of fused-ring (bicyclic) bond motifs is 1. The molecular weight excluding hydrogens is 412 g/mol. The predicted molar refractivity (Wildman–Crippen MR) is 110 cm³/mol. The molecule has 2 aromatic carbocycles. The van der Waals surface area contributed by atoms with Gasteiger partial charge in [0.25, 0.3) is 5.56 Å². The van der Waals surface area contributed by atoms with Gasteiger partial charge in [0.1, 0.15) is 11.6 Å². The number of aromatic amines is 1. The molecule has 2 heterocycles. The fourth-order valence-corrected chi connectivity index (χ4v) is 3.62. The number of H-pyrrole nitrogens is 1. The van der Waals surface area contributed by atoms with Crippen molar-refractivity contribution in [2.24, 2.45) is 0 Å². The molecule has 0 fully saturated rings. The molecule has 4 rings (SSSR count). The maximum absolute atomic E-state index is 13.8. The molecule has 0 spiro atoms. The number of nitrogens with one attached hydrogen (secondary N) is 2. The van der Waals surface area contributed by atoms with Gasteiger partial charge in [-0.25, -0.2) is 18.7 Å². The van der Waals surface area contributed by atoms with Gasteiger partial charge in [0.05, 0.1) is 17.8 Å². The summed E-state index contributed by atoms with van der Waals surface area (Å²) in [5, 5.41) is 2.78. The van der Waals surface area contributed by atoms with Crippen LogP contribution >= 0.6 is 11.8 Å². The van der Waals surface area contributed by atoms with Crippen LogP contribution in [0, 0.1) is 18.6 Å². The SMILES string of the molecule is Cc1ccc(-n2c(SCC(=O)Nc3ccc(F)cc3F)nc3c(=O)[nH]cnc32)cc1. The number of thioether (sulfide) groups is 1. The number of hydrogen-bond acceptors (Lipinski definition) is 5. The van der Waals surface area contributed by atoms with Crippen LogP contribution in [0.15, 0.2) is 58.7 Å². The van der Waals surface area contributed by atoms with Gasteiger partial charge in [0.2, 0.25) is 5.91 Å². The second kappa shape index (κ2) is 8.07. The number of anilines is 1. The first-order valence-electron chi connectivity index (χ1n) is 8.83. The summed E-state index contributed by atoms with van der Waals surface area (Å²) in [4.78, 5) is 35.5. The molecule has 152 valence electrons. The zero-order valence-corrected chi connectivity index (χ0v) is 16.5. The van der Waals surface area contributed by atoms with E-state index in [1.165, 1.54) is 6.33 Å². The lowest BCUT2D eigenvalue weighted by molar-refractivity contribution is -0.113. The lowest BCUT2D eigenvalue weighted by Crippen LogP contribution is -2.15. The van der Waals surface area contributed by atoms with Crippen molar-refractivity contribution < 1.29 is 13.6 Å². The highest BCUT2D eigenvalue weighted by atomic mass is 32.2. The Balaban J connectivity index is 1.63. The zero-order valence-electron chi connectivity index (χ0n) is 15.6. The van der Waals surface area contributed by atoms with E-state index in [1.807, 2.05) is 31.2 Å². The van der Waals surface area contributed by atoms with Crippen LogP contribution in [0.4, 0.5) is 14.5 Å². The summed E-state index contributed by atoms with van der Waals surface area (Å²) in [6.45, 7) is 1.95. The largest absolute Gasteiger partial charge is 0.323 e. The molecule has 2 N–H and O–H groups in total. The normalized spacial score (nSPS) is 11.0. The number of aromatic nitrogens is 4. The van der Waals surface area contributed by atoms with Crippen molar-refractivity contribution >= 4 is 34.5 Å². The molecule has 0 unspecified atom stereocenters. The molecule has 30 heavy (non-hydrogen) atoms. The summed E-state index contributed by atoms with van der Waals surface area (Å²) >= 11 is 1.07. The Bertz CT molecular complexity index is 1300. The van der Waals surface area contributed by atoms with E-state index in [1.54, 1.807) is 4.57 Å². The molecule has 4 aromatic rings.